The van der Waals surface area contributed by atoms with Gasteiger partial charge in [-0.2, -0.15) is 0 Å². The zero-order chi connectivity index (χ0) is 12.9. The summed E-state index contributed by atoms with van der Waals surface area (Å²) in [7, 11) is 1.65. The van der Waals surface area contributed by atoms with E-state index in [4.69, 9.17) is 4.74 Å². The van der Waals surface area contributed by atoms with Crippen LogP contribution in [-0.4, -0.2) is 30.4 Å². The van der Waals surface area contributed by atoms with Crippen LogP contribution >= 0.6 is 0 Å². The summed E-state index contributed by atoms with van der Waals surface area (Å²) in [6, 6.07) is 7.81. The van der Waals surface area contributed by atoms with E-state index in [9.17, 15) is 5.11 Å². The lowest BCUT2D eigenvalue weighted by Crippen LogP contribution is -2.41. The predicted molar refractivity (Wildman–Crippen MR) is 70.5 cm³/mol. The molecule has 1 unspecified atom stereocenters. The zero-order valence-corrected chi connectivity index (χ0v) is 11.2. The van der Waals surface area contributed by atoms with Gasteiger partial charge in [-0.25, -0.2) is 0 Å². The van der Waals surface area contributed by atoms with Crippen LogP contribution in [0.4, 0.5) is 0 Å². The van der Waals surface area contributed by atoms with Crippen LogP contribution in [0, 0.1) is 0 Å². The Labute approximate surface area is 104 Å². The lowest BCUT2D eigenvalue weighted by Gasteiger charge is -2.23. The predicted octanol–water partition coefficient (Wildman–Crippen LogP) is 1.99. The Kier molecular flexibility index (Phi) is 4.97. The van der Waals surface area contributed by atoms with Crippen molar-refractivity contribution in [2.75, 3.05) is 13.7 Å². The first kappa shape index (κ1) is 14.0. The van der Waals surface area contributed by atoms with E-state index in [1.165, 1.54) is 0 Å². The summed E-state index contributed by atoms with van der Waals surface area (Å²) in [6.45, 7) is 6.86. The summed E-state index contributed by atoms with van der Waals surface area (Å²) in [5, 5.41) is 13.2. The highest BCUT2D eigenvalue weighted by Gasteiger charge is 2.12. The van der Waals surface area contributed by atoms with Crippen LogP contribution in [0.15, 0.2) is 24.3 Å². The van der Waals surface area contributed by atoms with Crippen molar-refractivity contribution in [2.24, 2.45) is 0 Å². The Morgan fingerprint density at radius 1 is 1.35 bits per heavy atom. The molecule has 17 heavy (non-hydrogen) atoms. The van der Waals surface area contributed by atoms with E-state index in [0.717, 1.165) is 11.3 Å². The molecule has 0 amide bonds. The molecule has 3 nitrogen and oxygen atoms in total. The van der Waals surface area contributed by atoms with Gasteiger partial charge in [0, 0.05) is 12.1 Å². The van der Waals surface area contributed by atoms with Crippen molar-refractivity contribution in [2.45, 2.75) is 38.8 Å². The quantitative estimate of drug-likeness (QED) is 0.823. The third kappa shape index (κ3) is 5.71. The van der Waals surface area contributed by atoms with Gasteiger partial charge in [0.15, 0.2) is 0 Å². The van der Waals surface area contributed by atoms with E-state index in [-0.39, 0.29) is 11.6 Å². The Morgan fingerprint density at radius 2 is 2.06 bits per heavy atom. The number of ether oxygens (including phenoxy) is 1. The first-order valence-electron chi connectivity index (χ1n) is 5.97. The number of nitrogens with one attached hydrogen (secondary N) is 1. The highest BCUT2D eigenvalue weighted by atomic mass is 16.5. The smallest absolute Gasteiger partial charge is 0.119 e. The maximum absolute atomic E-state index is 9.93. The van der Waals surface area contributed by atoms with Gasteiger partial charge >= 0.3 is 0 Å². The number of β-amino-alcohol motifs (C(OH)–C–C–N with tert-alkyl or cyclic N) is 1. The van der Waals surface area contributed by atoms with Gasteiger partial charge in [-0.3, -0.25) is 0 Å². The minimum Gasteiger partial charge on any atom is -0.497 e. The molecule has 0 fully saturated rings. The molecule has 1 rings (SSSR count). The molecule has 0 bridgehead atoms. The molecule has 0 aliphatic carbocycles. The molecule has 0 heterocycles. The molecule has 0 aliphatic heterocycles. The summed E-state index contributed by atoms with van der Waals surface area (Å²) in [5.74, 6) is 0.832. The molecular weight excluding hydrogens is 214 g/mol. The van der Waals surface area contributed by atoms with Crippen LogP contribution in [-0.2, 0) is 6.42 Å². The van der Waals surface area contributed by atoms with E-state index in [1.807, 2.05) is 24.3 Å². The first-order valence-corrected chi connectivity index (χ1v) is 5.97. The summed E-state index contributed by atoms with van der Waals surface area (Å²) in [5.41, 5.74) is 1.13. The highest BCUT2D eigenvalue weighted by Crippen LogP contribution is 2.14. The monoisotopic (exact) mass is 237 g/mol. The van der Waals surface area contributed by atoms with Crippen molar-refractivity contribution >= 4 is 0 Å². The molecular formula is C14H23NO2. The van der Waals surface area contributed by atoms with Gasteiger partial charge < -0.3 is 15.2 Å². The number of methoxy groups -OCH3 is 1. The molecule has 2 N–H and O–H groups in total. The van der Waals surface area contributed by atoms with Crippen molar-refractivity contribution in [1.82, 2.24) is 5.32 Å². The molecule has 1 atom stereocenters. The number of aliphatic hydroxyl groups is 1. The molecule has 0 aromatic heterocycles. The van der Waals surface area contributed by atoms with Gasteiger partial charge in [0.2, 0.25) is 0 Å². The normalized spacial score (nSPS) is 13.5. The third-order valence-corrected chi connectivity index (χ3v) is 2.47. The lowest BCUT2D eigenvalue weighted by molar-refractivity contribution is 0.161. The second-order valence-corrected chi connectivity index (χ2v) is 5.34. The van der Waals surface area contributed by atoms with Crippen LogP contribution < -0.4 is 10.1 Å². The fourth-order valence-electron chi connectivity index (χ4n) is 1.57. The average molecular weight is 237 g/mol. The van der Waals surface area contributed by atoms with Gasteiger partial charge in [0.1, 0.15) is 5.75 Å². The Bertz CT molecular complexity index is 344. The molecule has 0 aliphatic rings. The topological polar surface area (TPSA) is 41.5 Å². The van der Waals surface area contributed by atoms with Gasteiger partial charge in [-0.05, 0) is 44.9 Å². The van der Waals surface area contributed by atoms with Crippen LogP contribution in [0.3, 0.4) is 0 Å². The maximum Gasteiger partial charge on any atom is 0.119 e. The molecule has 1 aromatic rings. The van der Waals surface area contributed by atoms with Crippen molar-refractivity contribution in [3.8, 4) is 5.75 Å². The molecule has 0 radical (unpaired) electrons. The van der Waals surface area contributed by atoms with Crippen molar-refractivity contribution in [3.63, 3.8) is 0 Å². The Hall–Kier alpha value is -1.06. The summed E-state index contributed by atoms with van der Waals surface area (Å²) in [6.07, 6.45) is 0.265. The van der Waals surface area contributed by atoms with Crippen molar-refractivity contribution in [3.05, 3.63) is 29.8 Å². The van der Waals surface area contributed by atoms with Crippen LogP contribution in [0.25, 0.3) is 0 Å². The number of rotatable bonds is 5. The van der Waals surface area contributed by atoms with E-state index in [2.05, 4.69) is 26.1 Å². The Morgan fingerprint density at radius 3 is 2.65 bits per heavy atom. The fraction of sp³-hybridized carbons (Fsp3) is 0.571. The molecule has 0 saturated carbocycles. The number of hydrogen-bond donors (Lipinski definition) is 2. The lowest BCUT2D eigenvalue weighted by atomic mass is 10.1. The molecule has 0 spiro atoms. The SMILES string of the molecule is COc1cccc(CC(O)CNC(C)(C)C)c1. The number of benzene rings is 1. The number of hydrogen-bond acceptors (Lipinski definition) is 3. The summed E-state index contributed by atoms with van der Waals surface area (Å²) >= 11 is 0. The summed E-state index contributed by atoms with van der Waals surface area (Å²) in [4.78, 5) is 0. The summed E-state index contributed by atoms with van der Waals surface area (Å²) < 4.78 is 5.15. The van der Waals surface area contributed by atoms with Crippen LogP contribution in [0.5, 0.6) is 5.75 Å². The zero-order valence-electron chi connectivity index (χ0n) is 11.2. The standard InChI is InChI=1S/C14H23NO2/c1-14(2,3)15-10-12(16)8-11-6-5-7-13(9-11)17-4/h5-7,9,12,15-16H,8,10H2,1-4H3. The van der Waals surface area contributed by atoms with E-state index < -0.39 is 0 Å². The van der Waals surface area contributed by atoms with Gasteiger partial charge in [0.25, 0.3) is 0 Å². The van der Waals surface area contributed by atoms with Crippen molar-refractivity contribution < 1.29 is 9.84 Å². The molecule has 1 aromatic carbocycles. The fourth-order valence-corrected chi connectivity index (χ4v) is 1.57. The van der Waals surface area contributed by atoms with Crippen molar-refractivity contribution in [1.29, 1.82) is 0 Å². The maximum atomic E-state index is 9.93. The highest BCUT2D eigenvalue weighted by molar-refractivity contribution is 5.28. The third-order valence-electron chi connectivity index (χ3n) is 2.47. The molecule has 0 saturated heterocycles. The number of aliphatic hydroxyl groups excluding tert-OH is 1. The second-order valence-electron chi connectivity index (χ2n) is 5.34. The van der Waals surface area contributed by atoms with Gasteiger partial charge in [0.05, 0.1) is 13.2 Å². The Balaban J connectivity index is 2.47. The van der Waals surface area contributed by atoms with Crippen LogP contribution in [0.1, 0.15) is 26.3 Å². The van der Waals surface area contributed by atoms with Gasteiger partial charge in [-0.15, -0.1) is 0 Å². The minimum atomic E-state index is -0.374. The van der Waals surface area contributed by atoms with E-state index in [1.54, 1.807) is 7.11 Å². The average Bonchev–Trinajstić information content (AvgIpc) is 2.26. The second kappa shape index (κ2) is 6.03. The van der Waals surface area contributed by atoms with E-state index in [0.29, 0.717) is 13.0 Å². The molecule has 96 valence electrons. The van der Waals surface area contributed by atoms with Gasteiger partial charge in [-0.1, -0.05) is 12.1 Å². The molecule has 3 heteroatoms. The van der Waals surface area contributed by atoms with Crippen LogP contribution in [0.2, 0.25) is 0 Å². The minimum absolute atomic E-state index is 0.0371. The van der Waals surface area contributed by atoms with E-state index >= 15 is 0 Å². The largest absolute Gasteiger partial charge is 0.497 e. The first-order chi connectivity index (χ1) is 7.90.